The SMILES string of the molecule is CCCCC(NC(C)=O)C(=O)NNC(=O)c1c(C)noc1-c1cc(C)on1. The zero-order chi connectivity index (χ0) is 20.0. The Balaban J connectivity index is 2.08. The third-order valence-corrected chi connectivity index (χ3v) is 3.79. The molecule has 10 nitrogen and oxygen atoms in total. The second-order valence-corrected chi connectivity index (χ2v) is 6.13. The van der Waals surface area contributed by atoms with E-state index in [1.165, 1.54) is 6.92 Å². The summed E-state index contributed by atoms with van der Waals surface area (Å²) >= 11 is 0. The summed E-state index contributed by atoms with van der Waals surface area (Å²) in [4.78, 5) is 36.1. The van der Waals surface area contributed by atoms with Gasteiger partial charge in [0.15, 0.2) is 5.69 Å². The van der Waals surface area contributed by atoms with E-state index in [0.29, 0.717) is 23.6 Å². The lowest BCUT2D eigenvalue weighted by Crippen LogP contribution is -2.52. The summed E-state index contributed by atoms with van der Waals surface area (Å²) in [5.41, 5.74) is 5.44. The standard InChI is InChI=1S/C17H23N5O5/c1-5-6-7-12(18-11(4)23)16(24)19-20-17(25)14-10(3)21-27-15(14)13-8-9(2)26-22-13/h8,12H,5-7H2,1-4H3,(H,18,23)(H,19,24)(H,20,25). The minimum absolute atomic E-state index is 0.133. The van der Waals surface area contributed by atoms with E-state index in [9.17, 15) is 14.4 Å². The summed E-state index contributed by atoms with van der Waals surface area (Å²) < 4.78 is 10.2. The molecule has 0 saturated carbocycles. The lowest BCUT2D eigenvalue weighted by Gasteiger charge is -2.17. The number of carbonyl (C=O) groups excluding carboxylic acids is 3. The Labute approximate surface area is 156 Å². The van der Waals surface area contributed by atoms with Crippen molar-refractivity contribution in [2.24, 2.45) is 0 Å². The van der Waals surface area contributed by atoms with Gasteiger partial charge < -0.3 is 14.4 Å². The van der Waals surface area contributed by atoms with Gasteiger partial charge in [0.25, 0.3) is 11.8 Å². The second kappa shape index (κ2) is 8.97. The first-order valence-corrected chi connectivity index (χ1v) is 8.60. The summed E-state index contributed by atoms with van der Waals surface area (Å²) in [6, 6.07) is 0.872. The minimum atomic E-state index is -0.732. The molecule has 0 aliphatic rings. The van der Waals surface area contributed by atoms with Gasteiger partial charge in [0, 0.05) is 13.0 Å². The number of aryl methyl sites for hydroxylation is 2. The number of amides is 3. The number of hydrogen-bond donors (Lipinski definition) is 3. The number of aromatic nitrogens is 2. The molecule has 1 unspecified atom stereocenters. The molecule has 0 radical (unpaired) electrons. The smallest absolute Gasteiger partial charge is 0.275 e. The first kappa shape index (κ1) is 20.1. The molecule has 10 heteroatoms. The predicted octanol–water partition coefficient (Wildman–Crippen LogP) is 1.40. The van der Waals surface area contributed by atoms with Crippen molar-refractivity contribution in [2.75, 3.05) is 0 Å². The lowest BCUT2D eigenvalue weighted by molar-refractivity contribution is -0.128. The number of unbranched alkanes of at least 4 members (excludes halogenated alkanes) is 1. The maximum absolute atomic E-state index is 12.5. The maximum atomic E-state index is 12.5. The summed E-state index contributed by atoms with van der Waals surface area (Å²) in [7, 11) is 0. The average Bonchev–Trinajstić information content (AvgIpc) is 3.21. The highest BCUT2D eigenvalue weighted by Crippen LogP contribution is 2.25. The quantitative estimate of drug-likeness (QED) is 0.620. The molecule has 2 aromatic heterocycles. The van der Waals surface area contributed by atoms with Gasteiger partial charge in [-0.25, -0.2) is 0 Å². The van der Waals surface area contributed by atoms with Crippen molar-refractivity contribution in [3.05, 3.63) is 23.1 Å². The third-order valence-electron chi connectivity index (χ3n) is 3.79. The highest BCUT2D eigenvalue weighted by atomic mass is 16.5. The molecule has 0 aromatic carbocycles. The second-order valence-electron chi connectivity index (χ2n) is 6.13. The topological polar surface area (TPSA) is 139 Å². The highest BCUT2D eigenvalue weighted by Gasteiger charge is 2.25. The van der Waals surface area contributed by atoms with Gasteiger partial charge in [0.05, 0.1) is 5.69 Å². The molecule has 0 saturated heterocycles. The number of rotatable bonds is 7. The number of nitrogens with one attached hydrogen (secondary N) is 3. The van der Waals surface area contributed by atoms with E-state index in [0.717, 1.165) is 12.8 Å². The molecule has 146 valence electrons. The number of carbonyl (C=O) groups is 3. The van der Waals surface area contributed by atoms with Crippen molar-refractivity contribution >= 4 is 17.7 Å². The third kappa shape index (κ3) is 5.16. The van der Waals surface area contributed by atoms with Crippen LogP contribution >= 0.6 is 0 Å². The average molecular weight is 377 g/mol. The van der Waals surface area contributed by atoms with E-state index in [-0.39, 0.29) is 17.2 Å². The molecular weight excluding hydrogens is 354 g/mol. The van der Waals surface area contributed by atoms with Crippen LogP contribution < -0.4 is 16.2 Å². The molecule has 0 fully saturated rings. The van der Waals surface area contributed by atoms with Gasteiger partial charge in [-0.15, -0.1) is 0 Å². The van der Waals surface area contributed by atoms with Crippen molar-refractivity contribution in [3.63, 3.8) is 0 Å². The molecule has 3 amide bonds. The van der Waals surface area contributed by atoms with Gasteiger partial charge in [-0.3, -0.25) is 25.2 Å². The van der Waals surface area contributed by atoms with Gasteiger partial charge in [-0.1, -0.05) is 30.1 Å². The molecule has 0 aliphatic heterocycles. The van der Waals surface area contributed by atoms with Crippen molar-refractivity contribution in [3.8, 4) is 11.5 Å². The maximum Gasteiger partial charge on any atom is 0.275 e. The molecule has 1 atom stereocenters. The first-order chi connectivity index (χ1) is 12.8. The zero-order valence-electron chi connectivity index (χ0n) is 15.7. The van der Waals surface area contributed by atoms with Crippen molar-refractivity contribution in [2.45, 2.75) is 53.0 Å². The van der Waals surface area contributed by atoms with E-state index in [1.54, 1.807) is 19.9 Å². The molecule has 3 N–H and O–H groups in total. The predicted molar refractivity (Wildman–Crippen MR) is 94.2 cm³/mol. The highest BCUT2D eigenvalue weighted by molar-refractivity contribution is 6.01. The lowest BCUT2D eigenvalue weighted by atomic mass is 10.1. The number of hydrazine groups is 1. The number of nitrogens with zero attached hydrogens (tertiary/aromatic N) is 2. The van der Waals surface area contributed by atoms with Crippen molar-refractivity contribution in [1.29, 1.82) is 0 Å². The molecule has 2 aromatic rings. The van der Waals surface area contributed by atoms with E-state index in [2.05, 4.69) is 26.5 Å². The fraction of sp³-hybridized carbons (Fsp3) is 0.471. The van der Waals surface area contributed by atoms with Gasteiger partial charge in [-0.05, 0) is 20.3 Å². The van der Waals surface area contributed by atoms with Crippen LogP contribution in [0.3, 0.4) is 0 Å². The monoisotopic (exact) mass is 377 g/mol. The number of hydrogen-bond acceptors (Lipinski definition) is 7. The van der Waals surface area contributed by atoms with Gasteiger partial charge in [-0.2, -0.15) is 0 Å². The van der Waals surface area contributed by atoms with E-state index < -0.39 is 17.9 Å². The van der Waals surface area contributed by atoms with Crippen LogP contribution in [0.1, 0.15) is 54.9 Å². The Bertz CT molecular complexity index is 826. The Morgan fingerprint density at radius 1 is 1.15 bits per heavy atom. The molecule has 0 spiro atoms. The van der Waals surface area contributed by atoms with E-state index in [4.69, 9.17) is 9.05 Å². The van der Waals surface area contributed by atoms with Crippen LogP contribution in [0.4, 0.5) is 0 Å². The fourth-order valence-corrected chi connectivity index (χ4v) is 2.48. The van der Waals surface area contributed by atoms with Crippen LogP contribution in [0.25, 0.3) is 11.5 Å². The normalized spacial score (nSPS) is 11.7. The molecule has 2 rings (SSSR count). The fourth-order valence-electron chi connectivity index (χ4n) is 2.48. The van der Waals surface area contributed by atoms with Crippen LogP contribution in [0, 0.1) is 13.8 Å². The largest absolute Gasteiger partial charge is 0.361 e. The summed E-state index contributed by atoms with van der Waals surface area (Å²) in [6.07, 6.45) is 2.09. The Hall–Kier alpha value is -3.17. The van der Waals surface area contributed by atoms with Crippen molar-refractivity contribution < 1.29 is 23.4 Å². The molecule has 2 heterocycles. The Morgan fingerprint density at radius 3 is 2.48 bits per heavy atom. The van der Waals surface area contributed by atoms with E-state index in [1.807, 2.05) is 6.92 Å². The molecule has 27 heavy (non-hydrogen) atoms. The first-order valence-electron chi connectivity index (χ1n) is 8.60. The zero-order valence-corrected chi connectivity index (χ0v) is 15.7. The summed E-state index contributed by atoms with van der Waals surface area (Å²) in [5, 5.41) is 10.2. The molecule has 0 aliphatic carbocycles. The van der Waals surface area contributed by atoms with E-state index >= 15 is 0 Å². The van der Waals surface area contributed by atoms with Crippen LogP contribution in [0.15, 0.2) is 15.1 Å². The summed E-state index contributed by atoms with van der Waals surface area (Å²) in [5.74, 6) is -0.765. The Kier molecular flexibility index (Phi) is 6.69. The van der Waals surface area contributed by atoms with Crippen LogP contribution in [-0.2, 0) is 9.59 Å². The molecular formula is C17H23N5O5. The van der Waals surface area contributed by atoms with Gasteiger partial charge in [0.2, 0.25) is 11.7 Å². The summed E-state index contributed by atoms with van der Waals surface area (Å²) in [6.45, 7) is 6.61. The van der Waals surface area contributed by atoms with Gasteiger partial charge in [0.1, 0.15) is 17.4 Å². The Morgan fingerprint density at radius 2 is 1.89 bits per heavy atom. The minimum Gasteiger partial charge on any atom is -0.361 e. The van der Waals surface area contributed by atoms with Crippen LogP contribution in [0.2, 0.25) is 0 Å². The van der Waals surface area contributed by atoms with Crippen molar-refractivity contribution in [1.82, 2.24) is 26.5 Å². The molecule has 0 bridgehead atoms. The van der Waals surface area contributed by atoms with Gasteiger partial charge >= 0.3 is 0 Å². The van der Waals surface area contributed by atoms with Crippen LogP contribution in [0.5, 0.6) is 0 Å². The van der Waals surface area contributed by atoms with Crippen LogP contribution in [-0.4, -0.2) is 34.1 Å².